The van der Waals surface area contributed by atoms with Crippen LogP contribution < -0.4 is 10.6 Å². The zero-order chi connectivity index (χ0) is 17.6. The second-order valence-corrected chi connectivity index (χ2v) is 6.24. The molecule has 0 radical (unpaired) electrons. The Labute approximate surface area is 148 Å². The van der Waals surface area contributed by atoms with Gasteiger partial charge in [0.05, 0.1) is 6.54 Å². The number of nitrogens with zero attached hydrogens (tertiary/aromatic N) is 1. The van der Waals surface area contributed by atoms with Gasteiger partial charge in [0.25, 0.3) is 0 Å². The highest BCUT2D eigenvalue weighted by atomic mass is 16.2. The van der Waals surface area contributed by atoms with E-state index in [0.29, 0.717) is 6.54 Å². The number of hydrogen-bond acceptors (Lipinski definition) is 1. The van der Waals surface area contributed by atoms with Crippen molar-refractivity contribution in [2.24, 2.45) is 0 Å². The maximum absolute atomic E-state index is 12.1. The van der Waals surface area contributed by atoms with Crippen molar-refractivity contribution in [1.82, 2.24) is 9.88 Å². The van der Waals surface area contributed by atoms with E-state index in [1.54, 1.807) is 0 Å². The van der Waals surface area contributed by atoms with Gasteiger partial charge in [-0.2, -0.15) is 0 Å². The van der Waals surface area contributed by atoms with E-state index >= 15 is 0 Å². The van der Waals surface area contributed by atoms with Gasteiger partial charge in [0.15, 0.2) is 0 Å². The average molecular weight is 333 g/mol. The largest absolute Gasteiger partial charge is 0.345 e. The van der Waals surface area contributed by atoms with Crippen LogP contribution in [0, 0.1) is 13.8 Å². The number of hydrogen-bond donors (Lipinski definition) is 2. The fraction of sp³-hybridized carbons (Fsp3) is 0.190. The first-order chi connectivity index (χ1) is 12.1. The molecule has 3 aromatic rings. The molecular formula is C21H23N3O. The fourth-order valence-electron chi connectivity index (χ4n) is 2.82. The number of aryl methyl sites for hydroxylation is 2. The van der Waals surface area contributed by atoms with Crippen molar-refractivity contribution in [2.75, 3.05) is 5.32 Å². The van der Waals surface area contributed by atoms with Crippen LogP contribution in [0.25, 0.3) is 0 Å². The number of amides is 2. The van der Waals surface area contributed by atoms with E-state index in [0.717, 1.165) is 23.5 Å². The molecule has 4 heteroatoms. The summed E-state index contributed by atoms with van der Waals surface area (Å²) in [6.45, 7) is 5.35. The summed E-state index contributed by atoms with van der Waals surface area (Å²) < 4.78 is 2.16. The summed E-state index contributed by atoms with van der Waals surface area (Å²) in [6.07, 6.45) is 2.04. The van der Waals surface area contributed by atoms with E-state index in [9.17, 15) is 4.79 Å². The quantitative estimate of drug-likeness (QED) is 0.711. The second kappa shape index (κ2) is 7.71. The molecule has 2 aromatic carbocycles. The lowest BCUT2D eigenvalue weighted by Crippen LogP contribution is -2.29. The van der Waals surface area contributed by atoms with Gasteiger partial charge in [-0.3, -0.25) is 0 Å². The lowest BCUT2D eigenvalue weighted by molar-refractivity contribution is 0.251. The summed E-state index contributed by atoms with van der Waals surface area (Å²) >= 11 is 0. The van der Waals surface area contributed by atoms with E-state index in [1.165, 1.54) is 11.1 Å². The molecule has 0 aliphatic heterocycles. The molecule has 1 aromatic heterocycles. The number of anilines is 1. The van der Waals surface area contributed by atoms with Crippen molar-refractivity contribution >= 4 is 11.7 Å². The molecule has 2 amide bonds. The maximum Gasteiger partial charge on any atom is 0.319 e. The molecule has 0 aliphatic rings. The summed E-state index contributed by atoms with van der Waals surface area (Å²) in [5.74, 6) is 0. The van der Waals surface area contributed by atoms with E-state index in [-0.39, 0.29) is 6.03 Å². The minimum Gasteiger partial charge on any atom is -0.345 e. The average Bonchev–Trinajstić information content (AvgIpc) is 3.02. The van der Waals surface area contributed by atoms with Gasteiger partial charge in [0.1, 0.15) is 0 Å². The second-order valence-electron chi connectivity index (χ2n) is 6.24. The Morgan fingerprint density at radius 1 is 1.00 bits per heavy atom. The molecule has 0 spiro atoms. The van der Waals surface area contributed by atoms with Crippen LogP contribution in [0.1, 0.15) is 22.4 Å². The molecule has 0 saturated heterocycles. The van der Waals surface area contributed by atoms with Crippen molar-refractivity contribution in [1.29, 1.82) is 0 Å². The highest BCUT2D eigenvalue weighted by Crippen LogP contribution is 2.13. The van der Waals surface area contributed by atoms with Crippen molar-refractivity contribution < 1.29 is 4.79 Å². The topological polar surface area (TPSA) is 46.1 Å². The van der Waals surface area contributed by atoms with Crippen molar-refractivity contribution in [3.63, 3.8) is 0 Å². The molecule has 0 aliphatic carbocycles. The van der Waals surface area contributed by atoms with E-state index in [1.807, 2.05) is 49.5 Å². The number of carbonyl (C=O) groups excluding carboxylic acids is 1. The van der Waals surface area contributed by atoms with Crippen molar-refractivity contribution in [3.05, 3.63) is 89.2 Å². The summed E-state index contributed by atoms with van der Waals surface area (Å²) in [7, 11) is 0. The van der Waals surface area contributed by atoms with Crippen molar-refractivity contribution in [3.8, 4) is 0 Å². The van der Waals surface area contributed by atoms with Crippen LogP contribution >= 0.6 is 0 Å². The number of nitrogens with one attached hydrogen (secondary N) is 2. The number of aromatic nitrogens is 1. The summed E-state index contributed by atoms with van der Waals surface area (Å²) in [6, 6.07) is 20.0. The Kier molecular flexibility index (Phi) is 5.19. The summed E-state index contributed by atoms with van der Waals surface area (Å²) in [5.41, 5.74) is 5.45. The highest BCUT2D eigenvalue weighted by Gasteiger charge is 2.06. The number of carbonyl (C=O) groups is 1. The van der Waals surface area contributed by atoms with Gasteiger partial charge < -0.3 is 15.2 Å². The lowest BCUT2D eigenvalue weighted by Gasteiger charge is -2.12. The standard InChI is InChI=1S/C21H23N3O/c1-16-7-5-9-18(13-16)15-24-12-6-10-19(24)14-22-21(25)23-20-11-4-3-8-17(20)2/h3-13H,14-15H2,1-2H3,(H2,22,23,25). The van der Waals surface area contributed by atoms with Gasteiger partial charge in [-0.25, -0.2) is 4.79 Å². The molecule has 0 saturated carbocycles. The first-order valence-electron chi connectivity index (χ1n) is 8.42. The van der Waals surface area contributed by atoms with Gasteiger partial charge in [-0.15, -0.1) is 0 Å². The molecule has 128 valence electrons. The molecule has 1 heterocycles. The zero-order valence-electron chi connectivity index (χ0n) is 14.6. The fourth-order valence-corrected chi connectivity index (χ4v) is 2.82. The van der Waals surface area contributed by atoms with E-state index < -0.39 is 0 Å². The molecule has 0 fully saturated rings. The molecule has 0 unspecified atom stereocenters. The van der Waals surface area contributed by atoms with Gasteiger partial charge in [0, 0.05) is 24.1 Å². The van der Waals surface area contributed by atoms with Crippen LogP contribution in [0.5, 0.6) is 0 Å². The lowest BCUT2D eigenvalue weighted by atomic mass is 10.1. The number of para-hydroxylation sites is 1. The number of urea groups is 1. The Hall–Kier alpha value is -3.01. The highest BCUT2D eigenvalue weighted by molar-refractivity contribution is 5.89. The smallest absolute Gasteiger partial charge is 0.319 e. The predicted molar refractivity (Wildman–Crippen MR) is 102 cm³/mol. The van der Waals surface area contributed by atoms with Gasteiger partial charge in [0.2, 0.25) is 0 Å². The first-order valence-corrected chi connectivity index (χ1v) is 8.42. The third kappa shape index (κ3) is 4.51. The first kappa shape index (κ1) is 16.8. The molecule has 2 N–H and O–H groups in total. The Morgan fingerprint density at radius 2 is 1.84 bits per heavy atom. The third-order valence-electron chi connectivity index (χ3n) is 4.18. The van der Waals surface area contributed by atoms with Crippen LogP contribution in [-0.2, 0) is 13.1 Å². The Morgan fingerprint density at radius 3 is 2.64 bits per heavy atom. The van der Waals surface area contributed by atoms with E-state index in [2.05, 4.69) is 46.4 Å². The normalized spacial score (nSPS) is 10.5. The maximum atomic E-state index is 12.1. The number of rotatable bonds is 5. The zero-order valence-corrected chi connectivity index (χ0v) is 14.6. The molecule has 3 rings (SSSR count). The SMILES string of the molecule is Cc1cccc(Cn2cccc2CNC(=O)Nc2ccccc2C)c1. The van der Waals surface area contributed by atoms with Gasteiger partial charge in [-0.05, 0) is 43.2 Å². The molecule has 25 heavy (non-hydrogen) atoms. The van der Waals surface area contributed by atoms with E-state index in [4.69, 9.17) is 0 Å². The minimum absolute atomic E-state index is 0.197. The molecule has 4 nitrogen and oxygen atoms in total. The third-order valence-corrected chi connectivity index (χ3v) is 4.18. The van der Waals surface area contributed by atoms with Gasteiger partial charge in [-0.1, -0.05) is 48.0 Å². The Bertz CT molecular complexity index is 867. The van der Waals surface area contributed by atoms with Crippen molar-refractivity contribution in [2.45, 2.75) is 26.9 Å². The van der Waals surface area contributed by atoms with Crippen LogP contribution in [0.2, 0.25) is 0 Å². The van der Waals surface area contributed by atoms with Crippen LogP contribution in [0.4, 0.5) is 10.5 Å². The molecule has 0 bridgehead atoms. The molecular weight excluding hydrogens is 310 g/mol. The van der Waals surface area contributed by atoms with Gasteiger partial charge >= 0.3 is 6.03 Å². The Balaban J connectivity index is 1.60. The summed E-state index contributed by atoms with van der Waals surface area (Å²) in [5, 5.41) is 5.82. The van der Waals surface area contributed by atoms with Crippen LogP contribution in [0.3, 0.4) is 0 Å². The monoisotopic (exact) mass is 333 g/mol. The van der Waals surface area contributed by atoms with Crippen LogP contribution in [0.15, 0.2) is 66.9 Å². The van der Waals surface area contributed by atoms with Crippen LogP contribution in [-0.4, -0.2) is 10.6 Å². The number of benzene rings is 2. The minimum atomic E-state index is -0.197. The molecule has 0 atom stereocenters. The summed E-state index contributed by atoms with van der Waals surface area (Å²) in [4.78, 5) is 12.1. The predicted octanol–water partition coefficient (Wildman–Crippen LogP) is 4.47.